The van der Waals surface area contributed by atoms with E-state index in [2.05, 4.69) is 12.1 Å². The summed E-state index contributed by atoms with van der Waals surface area (Å²) in [6.45, 7) is 3.17. The minimum atomic E-state index is -1.19. The summed E-state index contributed by atoms with van der Waals surface area (Å²) in [7, 11) is 0. The van der Waals surface area contributed by atoms with Crippen LogP contribution in [0.4, 0.5) is 0 Å². The molecule has 0 aromatic heterocycles. The Morgan fingerprint density at radius 1 is 1.04 bits per heavy atom. The molecule has 1 aromatic rings. The largest absolute Gasteiger partial charge is 0.478 e. The molecule has 4 aliphatic carbocycles. The van der Waals surface area contributed by atoms with E-state index in [0.29, 0.717) is 11.2 Å². The van der Waals surface area contributed by atoms with Crippen molar-refractivity contribution in [3.63, 3.8) is 0 Å². The van der Waals surface area contributed by atoms with Crippen LogP contribution in [0.3, 0.4) is 0 Å². The first-order chi connectivity index (χ1) is 10.9. The van der Waals surface area contributed by atoms with Gasteiger partial charge in [0.25, 0.3) is 0 Å². The lowest BCUT2D eigenvalue weighted by molar-refractivity contribution is -0.152. The van der Waals surface area contributed by atoms with Crippen molar-refractivity contribution in [3.05, 3.63) is 29.8 Å². The lowest BCUT2D eigenvalue weighted by Crippen LogP contribution is -2.48. The van der Waals surface area contributed by atoms with E-state index in [1.54, 1.807) is 13.8 Å². The van der Waals surface area contributed by atoms with Gasteiger partial charge in [-0.05, 0) is 93.2 Å². The zero-order valence-electron chi connectivity index (χ0n) is 14.0. The number of carboxylic acids is 1. The number of rotatable bonds is 4. The zero-order chi connectivity index (χ0) is 16.2. The fraction of sp³-hybridized carbons (Fsp3) is 0.650. The van der Waals surface area contributed by atoms with Crippen LogP contribution in [0.15, 0.2) is 24.3 Å². The normalized spacial score (nSPS) is 35.3. The van der Waals surface area contributed by atoms with E-state index in [9.17, 15) is 9.90 Å². The van der Waals surface area contributed by atoms with Gasteiger partial charge in [-0.3, -0.25) is 0 Å². The van der Waals surface area contributed by atoms with Crippen LogP contribution in [0.1, 0.15) is 57.9 Å². The average Bonchev–Trinajstić information content (AvgIpc) is 2.46. The number of aliphatic carboxylic acids is 1. The van der Waals surface area contributed by atoms with Gasteiger partial charge < -0.3 is 9.84 Å². The van der Waals surface area contributed by atoms with E-state index >= 15 is 0 Å². The molecular weight excluding hydrogens is 288 g/mol. The summed E-state index contributed by atoms with van der Waals surface area (Å²) < 4.78 is 5.64. The first-order valence-electron chi connectivity index (χ1n) is 8.89. The average molecular weight is 314 g/mol. The van der Waals surface area contributed by atoms with Crippen molar-refractivity contribution >= 4 is 5.97 Å². The van der Waals surface area contributed by atoms with E-state index in [4.69, 9.17) is 4.74 Å². The molecule has 0 saturated heterocycles. The number of carboxylic acid groups (broad SMARTS) is 1. The molecule has 0 spiro atoms. The Balaban J connectivity index is 1.56. The fourth-order valence-electron chi connectivity index (χ4n) is 5.68. The molecular formula is C20H26O3. The van der Waals surface area contributed by atoms with Gasteiger partial charge in [-0.15, -0.1) is 0 Å². The van der Waals surface area contributed by atoms with Crippen LogP contribution in [0, 0.1) is 17.8 Å². The fourth-order valence-corrected chi connectivity index (χ4v) is 5.68. The first kappa shape index (κ1) is 15.0. The molecule has 0 heterocycles. The highest BCUT2D eigenvalue weighted by molar-refractivity contribution is 5.76. The molecule has 4 aliphatic rings. The molecule has 0 atom stereocenters. The van der Waals surface area contributed by atoms with Crippen molar-refractivity contribution in [2.75, 3.05) is 0 Å². The van der Waals surface area contributed by atoms with E-state index in [-0.39, 0.29) is 0 Å². The quantitative estimate of drug-likeness (QED) is 0.896. The molecule has 0 aliphatic heterocycles. The van der Waals surface area contributed by atoms with Crippen LogP contribution < -0.4 is 4.74 Å². The summed E-state index contributed by atoms with van der Waals surface area (Å²) in [6, 6.07) is 8.28. The molecule has 3 heteroatoms. The predicted octanol–water partition coefficient (Wildman–Crippen LogP) is 4.40. The molecule has 3 nitrogen and oxygen atoms in total. The zero-order valence-corrected chi connectivity index (χ0v) is 14.0. The van der Waals surface area contributed by atoms with Gasteiger partial charge in [-0.25, -0.2) is 4.79 Å². The molecule has 1 N–H and O–H groups in total. The minimum absolute atomic E-state index is 0.385. The Labute approximate surface area is 138 Å². The number of hydrogen-bond acceptors (Lipinski definition) is 2. The lowest BCUT2D eigenvalue weighted by atomic mass is 9.48. The maximum Gasteiger partial charge on any atom is 0.347 e. The Morgan fingerprint density at radius 2 is 1.52 bits per heavy atom. The molecule has 5 rings (SSSR count). The van der Waals surface area contributed by atoms with Gasteiger partial charge in [0.1, 0.15) is 5.75 Å². The van der Waals surface area contributed by atoms with Crippen molar-refractivity contribution in [1.29, 1.82) is 0 Å². The van der Waals surface area contributed by atoms with Crippen molar-refractivity contribution in [3.8, 4) is 5.75 Å². The Kier molecular flexibility index (Phi) is 3.26. The molecule has 23 heavy (non-hydrogen) atoms. The second kappa shape index (κ2) is 4.99. The number of carbonyl (C=O) groups is 1. The van der Waals surface area contributed by atoms with Gasteiger partial charge in [0, 0.05) is 0 Å². The van der Waals surface area contributed by atoms with Crippen molar-refractivity contribution < 1.29 is 14.6 Å². The van der Waals surface area contributed by atoms with Gasteiger partial charge in [0.05, 0.1) is 0 Å². The van der Waals surface area contributed by atoms with E-state index < -0.39 is 11.6 Å². The Morgan fingerprint density at radius 3 is 1.96 bits per heavy atom. The van der Waals surface area contributed by atoms with Gasteiger partial charge in [0.15, 0.2) is 5.60 Å². The van der Waals surface area contributed by atoms with Crippen molar-refractivity contribution in [2.24, 2.45) is 17.8 Å². The first-order valence-corrected chi connectivity index (χ1v) is 8.89. The third-order valence-electron chi connectivity index (χ3n) is 6.39. The monoisotopic (exact) mass is 314 g/mol. The molecule has 4 fully saturated rings. The highest BCUT2D eigenvalue weighted by Gasteiger charge is 2.51. The molecule has 0 radical (unpaired) electrons. The summed E-state index contributed by atoms with van der Waals surface area (Å²) in [5.41, 5.74) is 0.634. The molecule has 0 amide bonds. The summed E-state index contributed by atoms with van der Waals surface area (Å²) in [5.74, 6) is 2.50. The highest BCUT2D eigenvalue weighted by Crippen LogP contribution is 2.60. The van der Waals surface area contributed by atoms with Crippen molar-refractivity contribution in [1.82, 2.24) is 0 Å². The van der Waals surface area contributed by atoms with Crippen LogP contribution in [-0.2, 0) is 10.2 Å². The Bertz CT molecular complexity index is 579. The summed E-state index contributed by atoms with van der Waals surface area (Å²) in [5, 5.41) is 9.19. The van der Waals surface area contributed by atoms with Crippen LogP contribution >= 0.6 is 0 Å². The van der Waals surface area contributed by atoms with E-state index in [0.717, 1.165) is 17.8 Å². The molecule has 0 unspecified atom stereocenters. The summed E-state index contributed by atoms with van der Waals surface area (Å²) in [4.78, 5) is 11.2. The van der Waals surface area contributed by atoms with E-state index in [1.807, 2.05) is 12.1 Å². The smallest absolute Gasteiger partial charge is 0.347 e. The molecule has 4 bridgehead atoms. The summed E-state index contributed by atoms with van der Waals surface area (Å²) >= 11 is 0. The number of benzene rings is 1. The maximum atomic E-state index is 11.2. The highest BCUT2D eigenvalue weighted by atomic mass is 16.5. The number of hydrogen-bond donors (Lipinski definition) is 1. The Hall–Kier alpha value is -1.51. The van der Waals surface area contributed by atoms with Crippen LogP contribution in [0.2, 0.25) is 0 Å². The SMILES string of the molecule is CC(C)(Oc1ccc(C23CC4CC(CC(C4)C2)C3)cc1)C(=O)O. The maximum absolute atomic E-state index is 11.2. The topological polar surface area (TPSA) is 46.5 Å². The lowest BCUT2D eigenvalue weighted by Gasteiger charge is -2.57. The second-order valence-electron chi connectivity index (χ2n) is 8.64. The predicted molar refractivity (Wildman–Crippen MR) is 88.6 cm³/mol. The standard InChI is InChI=1S/C20H26O3/c1-19(2,18(21)22)23-17-5-3-16(4-6-17)20-10-13-7-14(11-20)9-15(8-13)12-20/h3-6,13-15H,7-12H2,1-2H3,(H,21,22). The third-order valence-corrected chi connectivity index (χ3v) is 6.39. The van der Waals surface area contributed by atoms with E-state index in [1.165, 1.54) is 44.1 Å². The van der Waals surface area contributed by atoms with Crippen LogP contribution in [-0.4, -0.2) is 16.7 Å². The third kappa shape index (κ3) is 2.54. The molecule has 124 valence electrons. The molecule has 1 aromatic carbocycles. The van der Waals surface area contributed by atoms with Gasteiger partial charge in [0.2, 0.25) is 0 Å². The van der Waals surface area contributed by atoms with Gasteiger partial charge in [-0.1, -0.05) is 12.1 Å². The van der Waals surface area contributed by atoms with Crippen LogP contribution in [0.25, 0.3) is 0 Å². The second-order valence-corrected chi connectivity index (χ2v) is 8.64. The van der Waals surface area contributed by atoms with Crippen LogP contribution in [0.5, 0.6) is 5.75 Å². The van der Waals surface area contributed by atoms with Gasteiger partial charge >= 0.3 is 5.97 Å². The van der Waals surface area contributed by atoms with Gasteiger partial charge in [-0.2, -0.15) is 0 Å². The molecule has 4 saturated carbocycles. The summed E-state index contributed by atoms with van der Waals surface area (Å²) in [6.07, 6.45) is 8.40. The number of ether oxygens (including phenoxy) is 1. The van der Waals surface area contributed by atoms with Crippen molar-refractivity contribution in [2.45, 2.75) is 63.4 Å². The minimum Gasteiger partial charge on any atom is -0.478 e.